The number of hydrogen-bond donors (Lipinski definition) is 2. The van der Waals surface area contributed by atoms with Gasteiger partial charge in [0.1, 0.15) is 11.6 Å². The van der Waals surface area contributed by atoms with Crippen LogP contribution < -0.4 is 15.4 Å². The summed E-state index contributed by atoms with van der Waals surface area (Å²) in [5, 5.41) is 6.07. The molecule has 2 N–H and O–H groups in total. The molecule has 0 aliphatic carbocycles. The van der Waals surface area contributed by atoms with Gasteiger partial charge in [-0.1, -0.05) is 30.3 Å². The minimum atomic E-state index is -0.308. The first kappa shape index (κ1) is 24.7. The Hall–Kier alpha value is -2.36. The molecule has 0 aliphatic heterocycles. The second-order valence-electron chi connectivity index (χ2n) is 6.30. The first-order valence-electron chi connectivity index (χ1n) is 9.08. The largest absolute Gasteiger partial charge is 0.496 e. The van der Waals surface area contributed by atoms with Gasteiger partial charge in [-0.05, 0) is 23.8 Å². The number of aliphatic imine (C=N–C) groups is 1. The molecule has 0 saturated heterocycles. The maximum Gasteiger partial charge on any atom is 0.224 e. The fourth-order valence-electron chi connectivity index (χ4n) is 2.78. The number of carbonyl (C=O) groups excluding carboxylic acids is 1. The van der Waals surface area contributed by atoms with E-state index in [1.165, 1.54) is 12.1 Å². The Kier molecular flexibility index (Phi) is 11.0. The van der Waals surface area contributed by atoms with Crippen molar-refractivity contribution < 1.29 is 13.9 Å². The molecule has 0 heterocycles. The van der Waals surface area contributed by atoms with Gasteiger partial charge < -0.3 is 20.3 Å². The molecule has 6 nitrogen and oxygen atoms in total. The van der Waals surface area contributed by atoms with Crippen molar-refractivity contribution in [1.82, 2.24) is 15.5 Å². The first-order valence-corrected chi connectivity index (χ1v) is 9.08. The van der Waals surface area contributed by atoms with Gasteiger partial charge in [0.05, 0.1) is 13.5 Å². The van der Waals surface area contributed by atoms with E-state index in [4.69, 9.17) is 4.74 Å². The zero-order valence-corrected chi connectivity index (χ0v) is 19.3. The van der Waals surface area contributed by atoms with Crippen molar-refractivity contribution in [3.05, 3.63) is 65.5 Å². The highest BCUT2D eigenvalue weighted by Gasteiger charge is 2.10. The van der Waals surface area contributed by atoms with Crippen LogP contribution in [0.25, 0.3) is 0 Å². The van der Waals surface area contributed by atoms with E-state index in [0.29, 0.717) is 19.6 Å². The maximum atomic E-state index is 12.9. The summed E-state index contributed by atoms with van der Waals surface area (Å²) >= 11 is 0. The normalized spacial score (nSPS) is 10.7. The zero-order valence-electron chi connectivity index (χ0n) is 16.9. The van der Waals surface area contributed by atoms with E-state index in [-0.39, 0.29) is 42.1 Å². The molecule has 2 aromatic rings. The molecule has 0 aliphatic rings. The van der Waals surface area contributed by atoms with Crippen molar-refractivity contribution in [2.24, 2.45) is 4.99 Å². The number of hydrogen-bond acceptors (Lipinski definition) is 3. The number of carbonyl (C=O) groups is 1. The molecule has 1 amide bonds. The molecular formula is C21H28FIN4O2. The third-order valence-electron chi connectivity index (χ3n) is 4.18. The summed E-state index contributed by atoms with van der Waals surface area (Å²) in [5.41, 5.74) is 1.84. The standard InChI is InChI=1S/C21H27FN4O2.HI/c1-23-21(26(2)15-17-6-4-5-7-19(17)28-3)25-13-12-24-20(27)14-16-8-10-18(22)11-9-16;/h4-11H,12-15H2,1-3H3,(H,23,25)(H,24,27);1H. The minimum absolute atomic E-state index is 0. The lowest BCUT2D eigenvalue weighted by Crippen LogP contribution is -2.42. The van der Waals surface area contributed by atoms with Gasteiger partial charge in [-0.15, -0.1) is 24.0 Å². The lowest BCUT2D eigenvalue weighted by molar-refractivity contribution is -0.120. The number of nitrogens with one attached hydrogen (secondary N) is 2. The number of halogens is 2. The number of ether oxygens (including phenoxy) is 1. The molecule has 2 aromatic carbocycles. The number of amides is 1. The van der Waals surface area contributed by atoms with E-state index < -0.39 is 0 Å². The van der Waals surface area contributed by atoms with Crippen LogP contribution in [-0.4, -0.2) is 51.1 Å². The molecule has 0 aromatic heterocycles. The Morgan fingerprint density at radius 2 is 1.76 bits per heavy atom. The molecule has 0 radical (unpaired) electrons. The predicted molar refractivity (Wildman–Crippen MR) is 124 cm³/mol. The number of para-hydroxylation sites is 1. The van der Waals surface area contributed by atoms with Crippen molar-refractivity contribution in [3.63, 3.8) is 0 Å². The second kappa shape index (κ2) is 13.0. The number of nitrogens with zero attached hydrogens (tertiary/aromatic N) is 2. The highest BCUT2D eigenvalue weighted by atomic mass is 127. The van der Waals surface area contributed by atoms with E-state index in [9.17, 15) is 9.18 Å². The predicted octanol–water partition coefficient (Wildman–Crippen LogP) is 2.82. The van der Waals surface area contributed by atoms with E-state index in [1.807, 2.05) is 36.2 Å². The third-order valence-corrected chi connectivity index (χ3v) is 4.18. The summed E-state index contributed by atoms with van der Waals surface area (Å²) < 4.78 is 18.3. The molecule has 0 saturated carbocycles. The van der Waals surface area contributed by atoms with Gasteiger partial charge in [0, 0.05) is 39.3 Å². The lowest BCUT2D eigenvalue weighted by Gasteiger charge is -2.23. The number of benzene rings is 2. The van der Waals surface area contributed by atoms with Gasteiger partial charge in [0.15, 0.2) is 5.96 Å². The van der Waals surface area contributed by atoms with Crippen LogP contribution in [-0.2, 0) is 17.8 Å². The molecule has 0 fully saturated rings. The summed E-state index contributed by atoms with van der Waals surface area (Å²) in [6.07, 6.45) is 0.225. The van der Waals surface area contributed by atoms with Crippen molar-refractivity contribution in [2.45, 2.75) is 13.0 Å². The number of guanidine groups is 1. The Morgan fingerprint density at radius 1 is 1.10 bits per heavy atom. The third kappa shape index (κ3) is 8.26. The molecule has 158 valence electrons. The van der Waals surface area contributed by atoms with Crippen LogP contribution >= 0.6 is 24.0 Å². The fourth-order valence-corrected chi connectivity index (χ4v) is 2.78. The smallest absolute Gasteiger partial charge is 0.224 e. The average molecular weight is 514 g/mol. The highest BCUT2D eigenvalue weighted by Crippen LogP contribution is 2.18. The van der Waals surface area contributed by atoms with E-state index in [2.05, 4.69) is 15.6 Å². The van der Waals surface area contributed by atoms with Gasteiger partial charge in [-0.2, -0.15) is 0 Å². The number of rotatable bonds is 8. The summed E-state index contributed by atoms with van der Waals surface area (Å²) in [6.45, 7) is 1.64. The van der Waals surface area contributed by atoms with Crippen LogP contribution in [0.2, 0.25) is 0 Å². The van der Waals surface area contributed by atoms with E-state index in [0.717, 1.165) is 22.8 Å². The molecule has 0 unspecified atom stereocenters. The van der Waals surface area contributed by atoms with Crippen LogP contribution in [0, 0.1) is 5.82 Å². The lowest BCUT2D eigenvalue weighted by atomic mass is 10.1. The SMILES string of the molecule is CN=C(NCCNC(=O)Cc1ccc(F)cc1)N(C)Cc1ccccc1OC.I. The molecule has 2 rings (SSSR count). The highest BCUT2D eigenvalue weighted by molar-refractivity contribution is 14.0. The van der Waals surface area contributed by atoms with Crippen LogP contribution in [0.3, 0.4) is 0 Å². The Balaban J connectivity index is 0.00000420. The van der Waals surface area contributed by atoms with Crippen molar-refractivity contribution in [1.29, 1.82) is 0 Å². The zero-order chi connectivity index (χ0) is 20.4. The van der Waals surface area contributed by atoms with Crippen LogP contribution in [0.1, 0.15) is 11.1 Å². The first-order chi connectivity index (χ1) is 13.5. The van der Waals surface area contributed by atoms with Crippen LogP contribution in [0.4, 0.5) is 4.39 Å². The summed E-state index contributed by atoms with van der Waals surface area (Å²) in [4.78, 5) is 18.2. The maximum absolute atomic E-state index is 12.9. The van der Waals surface area contributed by atoms with Crippen molar-refractivity contribution in [3.8, 4) is 5.75 Å². The van der Waals surface area contributed by atoms with Crippen molar-refractivity contribution >= 4 is 35.8 Å². The van der Waals surface area contributed by atoms with Gasteiger partial charge in [0.25, 0.3) is 0 Å². The Bertz CT molecular complexity index is 800. The van der Waals surface area contributed by atoms with Crippen LogP contribution in [0.5, 0.6) is 5.75 Å². The van der Waals surface area contributed by atoms with Gasteiger partial charge in [-0.3, -0.25) is 9.79 Å². The molecule has 29 heavy (non-hydrogen) atoms. The molecule has 8 heteroatoms. The topological polar surface area (TPSA) is 66.0 Å². The van der Waals surface area contributed by atoms with Crippen molar-refractivity contribution in [2.75, 3.05) is 34.3 Å². The van der Waals surface area contributed by atoms with Gasteiger partial charge in [-0.25, -0.2) is 4.39 Å². The fraction of sp³-hybridized carbons (Fsp3) is 0.333. The Morgan fingerprint density at radius 3 is 2.41 bits per heavy atom. The quantitative estimate of drug-likeness (QED) is 0.246. The summed E-state index contributed by atoms with van der Waals surface area (Å²) in [6, 6.07) is 13.8. The van der Waals surface area contributed by atoms with Gasteiger partial charge >= 0.3 is 0 Å². The minimum Gasteiger partial charge on any atom is -0.496 e. The van der Waals surface area contributed by atoms with Crippen LogP contribution in [0.15, 0.2) is 53.5 Å². The van der Waals surface area contributed by atoms with Gasteiger partial charge in [0.2, 0.25) is 5.91 Å². The molecule has 0 spiro atoms. The molecular weight excluding hydrogens is 486 g/mol. The Labute approximate surface area is 188 Å². The van der Waals surface area contributed by atoms with E-state index in [1.54, 1.807) is 26.3 Å². The summed E-state index contributed by atoms with van der Waals surface area (Å²) in [5.74, 6) is 1.14. The second-order valence-corrected chi connectivity index (χ2v) is 6.30. The molecule has 0 atom stereocenters. The summed E-state index contributed by atoms with van der Waals surface area (Å²) in [7, 11) is 5.31. The number of methoxy groups -OCH3 is 1. The monoisotopic (exact) mass is 514 g/mol. The van der Waals surface area contributed by atoms with E-state index >= 15 is 0 Å². The average Bonchev–Trinajstić information content (AvgIpc) is 2.70. The molecule has 0 bridgehead atoms.